The van der Waals surface area contributed by atoms with Crippen molar-refractivity contribution in [1.82, 2.24) is 10.6 Å². The van der Waals surface area contributed by atoms with Crippen LogP contribution in [0.15, 0.2) is 18.2 Å². The molecule has 21 heavy (non-hydrogen) atoms. The predicted molar refractivity (Wildman–Crippen MR) is 87.7 cm³/mol. The molecule has 1 amide bonds. The van der Waals surface area contributed by atoms with Gasteiger partial charge >= 0.3 is 0 Å². The Morgan fingerprint density at radius 2 is 2.00 bits per heavy atom. The van der Waals surface area contributed by atoms with Crippen molar-refractivity contribution in [3.05, 3.63) is 34.9 Å². The van der Waals surface area contributed by atoms with Crippen LogP contribution in [0.3, 0.4) is 0 Å². The van der Waals surface area contributed by atoms with Crippen LogP contribution in [0.25, 0.3) is 0 Å². The third kappa shape index (κ3) is 3.41. The lowest BCUT2D eigenvalue weighted by atomic mass is 9.73. The number of nitrogens with one attached hydrogen (secondary N) is 2. The Hall–Kier alpha value is -1.06. The lowest BCUT2D eigenvalue weighted by molar-refractivity contribution is 0.0853. The van der Waals surface area contributed by atoms with E-state index in [-0.39, 0.29) is 23.7 Å². The number of amides is 1. The van der Waals surface area contributed by atoms with Gasteiger partial charge in [-0.1, -0.05) is 32.8 Å². The number of carbonyl (C=O) groups excluding carboxylic acids is 1. The van der Waals surface area contributed by atoms with Crippen LogP contribution in [0.5, 0.6) is 0 Å². The fraction of sp³-hybridized carbons (Fsp3) is 0.588. The molecular weight excluding hydrogens is 284 g/mol. The number of benzene rings is 1. The van der Waals surface area contributed by atoms with Gasteiger partial charge in [-0.3, -0.25) is 4.79 Å². The molecule has 1 aliphatic heterocycles. The summed E-state index contributed by atoms with van der Waals surface area (Å²) in [6.07, 6.45) is 4.81. The minimum absolute atomic E-state index is 0. The second-order valence-electron chi connectivity index (χ2n) is 6.85. The van der Waals surface area contributed by atoms with Crippen LogP contribution >= 0.6 is 12.4 Å². The molecule has 4 heteroatoms. The van der Waals surface area contributed by atoms with Gasteiger partial charge < -0.3 is 10.6 Å². The minimum atomic E-state index is 0. The van der Waals surface area contributed by atoms with E-state index in [2.05, 4.69) is 30.5 Å². The van der Waals surface area contributed by atoms with Crippen molar-refractivity contribution in [2.75, 3.05) is 0 Å². The first-order valence-corrected chi connectivity index (χ1v) is 7.70. The van der Waals surface area contributed by atoms with Gasteiger partial charge in [0.1, 0.15) is 0 Å². The van der Waals surface area contributed by atoms with E-state index in [1.807, 2.05) is 12.1 Å². The van der Waals surface area contributed by atoms with E-state index in [1.54, 1.807) is 0 Å². The third-order valence-corrected chi connectivity index (χ3v) is 4.91. The van der Waals surface area contributed by atoms with E-state index in [9.17, 15) is 4.79 Å². The maximum Gasteiger partial charge on any atom is 0.251 e. The van der Waals surface area contributed by atoms with E-state index < -0.39 is 0 Å². The van der Waals surface area contributed by atoms with Gasteiger partial charge in [-0.2, -0.15) is 0 Å². The van der Waals surface area contributed by atoms with Gasteiger partial charge in [-0.05, 0) is 41.5 Å². The summed E-state index contributed by atoms with van der Waals surface area (Å²) in [6.45, 7) is 6.34. The van der Waals surface area contributed by atoms with Crippen LogP contribution in [0.1, 0.15) is 61.0 Å². The van der Waals surface area contributed by atoms with Crippen molar-refractivity contribution in [2.24, 2.45) is 5.41 Å². The molecule has 1 heterocycles. The molecule has 1 aromatic rings. The number of halogens is 1. The molecule has 1 saturated carbocycles. The zero-order valence-corrected chi connectivity index (χ0v) is 13.7. The van der Waals surface area contributed by atoms with Gasteiger partial charge in [-0.15, -0.1) is 12.4 Å². The molecule has 1 aliphatic carbocycles. The van der Waals surface area contributed by atoms with Crippen LogP contribution in [0, 0.1) is 5.41 Å². The molecule has 3 nitrogen and oxygen atoms in total. The molecule has 3 rings (SSSR count). The topological polar surface area (TPSA) is 41.1 Å². The number of carbonyl (C=O) groups is 1. The summed E-state index contributed by atoms with van der Waals surface area (Å²) >= 11 is 0. The van der Waals surface area contributed by atoms with E-state index >= 15 is 0 Å². The monoisotopic (exact) mass is 308 g/mol. The number of rotatable bonds is 2. The fourth-order valence-electron chi connectivity index (χ4n) is 3.44. The molecule has 0 radical (unpaired) electrons. The van der Waals surface area contributed by atoms with Crippen LogP contribution in [0.4, 0.5) is 0 Å². The highest BCUT2D eigenvalue weighted by atomic mass is 35.5. The number of hydrogen-bond acceptors (Lipinski definition) is 2. The molecule has 2 N–H and O–H groups in total. The van der Waals surface area contributed by atoms with Gasteiger partial charge in [0, 0.05) is 24.7 Å². The largest absolute Gasteiger partial charge is 0.349 e. The van der Waals surface area contributed by atoms with Gasteiger partial charge in [0.2, 0.25) is 0 Å². The molecule has 0 aromatic heterocycles. The summed E-state index contributed by atoms with van der Waals surface area (Å²) < 4.78 is 0. The predicted octanol–water partition coefficient (Wildman–Crippen LogP) is 3.41. The number of fused-ring (bicyclic) bond motifs is 1. The average molecular weight is 309 g/mol. The number of hydrogen-bond donors (Lipinski definition) is 2. The molecule has 0 spiro atoms. The molecule has 0 saturated heterocycles. The molecule has 1 atom stereocenters. The first-order valence-electron chi connectivity index (χ1n) is 7.70. The van der Waals surface area contributed by atoms with E-state index in [1.165, 1.54) is 30.4 Å². The molecular formula is C17H25ClN2O. The summed E-state index contributed by atoms with van der Waals surface area (Å²) in [7, 11) is 0. The smallest absolute Gasteiger partial charge is 0.251 e. The summed E-state index contributed by atoms with van der Waals surface area (Å²) in [6, 6.07) is 6.38. The fourth-order valence-corrected chi connectivity index (χ4v) is 3.44. The van der Waals surface area contributed by atoms with Crippen LogP contribution in [0.2, 0.25) is 0 Å². The standard InChI is InChI=1S/C17H24N2O.ClH/c1-17(2)8-4-3-5-15(17)19-16(20)12-6-7-13-10-18-11-14(13)9-12;/h6-7,9,15,18H,3-5,8,10-11H2,1-2H3,(H,19,20);1H. The van der Waals surface area contributed by atoms with Crippen LogP contribution < -0.4 is 10.6 Å². The highest BCUT2D eigenvalue weighted by Crippen LogP contribution is 2.35. The molecule has 1 fully saturated rings. The summed E-state index contributed by atoms with van der Waals surface area (Å²) in [5, 5.41) is 6.57. The molecule has 1 unspecified atom stereocenters. The zero-order valence-electron chi connectivity index (χ0n) is 12.9. The highest BCUT2D eigenvalue weighted by Gasteiger charge is 2.33. The second-order valence-corrected chi connectivity index (χ2v) is 6.85. The maximum absolute atomic E-state index is 12.5. The van der Waals surface area contributed by atoms with Crippen molar-refractivity contribution in [1.29, 1.82) is 0 Å². The Bertz CT molecular complexity index is 528. The first-order chi connectivity index (χ1) is 9.56. The van der Waals surface area contributed by atoms with Crippen molar-refractivity contribution >= 4 is 18.3 Å². The Kier molecular flexibility index (Phi) is 4.95. The molecule has 2 aliphatic rings. The van der Waals surface area contributed by atoms with E-state index in [0.717, 1.165) is 25.1 Å². The van der Waals surface area contributed by atoms with E-state index in [0.29, 0.717) is 6.04 Å². The molecule has 0 bridgehead atoms. The van der Waals surface area contributed by atoms with Gasteiger partial charge in [0.05, 0.1) is 0 Å². The summed E-state index contributed by atoms with van der Waals surface area (Å²) in [4.78, 5) is 12.5. The molecule has 1 aromatic carbocycles. The zero-order chi connectivity index (χ0) is 14.2. The Balaban J connectivity index is 0.00000161. The van der Waals surface area contributed by atoms with Gasteiger partial charge in [0.25, 0.3) is 5.91 Å². The highest BCUT2D eigenvalue weighted by molar-refractivity contribution is 5.94. The van der Waals surface area contributed by atoms with Gasteiger partial charge in [-0.25, -0.2) is 0 Å². The van der Waals surface area contributed by atoms with Crippen molar-refractivity contribution in [3.63, 3.8) is 0 Å². The Morgan fingerprint density at radius 1 is 1.24 bits per heavy atom. The van der Waals surface area contributed by atoms with Crippen molar-refractivity contribution in [2.45, 2.75) is 58.7 Å². The third-order valence-electron chi connectivity index (χ3n) is 4.91. The summed E-state index contributed by atoms with van der Waals surface area (Å²) in [5.41, 5.74) is 3.60. The molecule has 116 valence electrons. The van der Waals surface area contributed by atoms with E-state index in [4.69, 9.17) is 0 Å². The van der Waals surface area contributed by atoms with Crippen molar-refractivity contribution in [3.8, 4) is 0 Å². The van der Waals surface area contributed by atoms with Crippen LogP contribution in [-0.2, 0) is 13.1 Å². The first kappa shape index (κ1) is 16.3. The lowest BCUT2D eigenvalue weighted by Crippen LogP contribution is -2.46. The van der Waals surface area contributed by atoms with Crippen LogP contribution in [-0.4, -0.2) is 11.9 Å². The second kappa shape index (κ2) is 6.37. The summed E-state index contributed by atoms with van der Waals surface area (Å²) in [5.74, 6) is 0.0830. The lowest BCUT2D eigenvalue weighted by Gasteiger charge is -2.39. The quantitative estimate of drug-likeness (QED) is 0.879. The normalized spacial score (nSPS) is 23.0. The SMILES string of the molecule is CC1(C)CCCCC1NC(=O)c1ccc2c(c1)CNC2.Cl. The Morgan fingerprint density at radius 3 is 2.76 bits per heavy atom. The van der Waals surface area contributed by atoms with Gasteiger partial charge in [0.15, 0.2) is 0 Å². The minimum Gasteiger partial charge on any atom is -0.349 e. The Labute approximate surface area is 133 Å². The average Bonchev–Trinajstić information content (AvgIpc) is 2.88. The van der Waals surface area contributed by atoms with Crippen molar-refractivity contribution < 1.29 is 4.79 Å². The maximum atomic E-state index is 12.5.